The van der Waals surface area contributed by atoms with Crippen molar-refractivity contribution in [3.05, 3.63) is 28.8 Å². The smallest absolute Gasteiger partial charge is 0.167 e. The van der Waals surface area contributed by atoms with Crippen molar-refractivity contribution in [2.24, 2.45) is 5.92 Å². The normalized spacial score (nSPS) is 21.4. The van der Waals surface area contributed by atoms with E-state index in [0.29, 0.717) is 24.2 Å². The van der Waals surface area contributed by atoms with Crippen LogP contribution in [0.3, 0.4) is 0 Å². The Morgan fingerprint density at radius 3 is 2.60 bits per heavy atom. The van der Waals surface area contributed by atoms with Gasteiger partial charge in [-0.15, -0.1) is 0 Å². The first-order valence-electron chi connectivity index (χ1n) is 7.35. The molecule has 0 unspecified atom stereocenters. The number of carbonyl (C=O) groups is 1. The van der Waals surface area contributed by atoms with E-state index in [2.05, 4.69) is 0 Å². The van der Waals surface area contributed by atoms with Crippen LogP contribution in [0.2, 0.25) is 0 Å². The van der Waals surface area contributed by atoms with Gasteiger partial charge in [0.2, 0.25) is 0 Å². The molecule has 0 amide bonds. The van der Waals surface area contributed by atoms with Crippen molar-refractivity contribution in [1.29, 1.82) is 0 Å². The number of hydrogen-bond acceptors (Lipinski definition) is 3. The lowest BCUT2D eigenvalue weighted by Gasteiger charge is -2.34. The zero-order chi connectivity index (χ0) is 14.7. The van der Waals surface area contributed by atoms with Gasteiger partial charge >= 0.3 is 0 Å². The highest BCUT2D eigenvalue weighted by atomic mass is 16.5. The molecule has 1 saturated carbocycles. The van der Waals surface area contributed by atoms with Crippen molar-refractivity contribution >= 4 is 5.78 Å². The van der Waals surface area contributed by atoms with Gasteiger partial charge in [0.25, 0.3) is 0 Å². The molecule has 110 valence electrons. The van der Waals surface area contributed by atoms with Gasteiger partial charge in [-0.1, -0.05) is 6.07 Å². The van der Waals surface area contributed by atoms with Gasteiger partial charge in [-0.05, 0) is 56.7 Å². The number of Topliss-reactive ketones (excluding diaryl/α,β-unsaturated/α-hetero) is 1. The molecule has 0 atom stereocenters. The molecule has 0 saturated heterocycles. The largest absolute Gasteiger partial charge is 0.496 e. The van der Waals surface area contributed by atoms with Gasteiger partial charge in [-0.3, -0.25) is 4.79 Å². The quantitative estimate of drug-likeness (QED) is 0.743. The van der Waals surface area contributed by atoms with Gasteiger partial charge in [-0.25, -0.2) is 0 Å². The molecule has 0 aromatic heterocycles. The fourth-order valence-electron chi connectivity index (χ4n) is 3.02. The van der Waals surface area contributed by atoms with Gasteiger partial charge in [-0.2, -0.15) is 0 Å². The average molecular weight is 276 g/mol. The molecule has 0 heterocycles. The van der Waals surface area contributed by atoms with E-state index >= 15 is 0 Å². The van der Waals surface area contributed by atoms with Crippen LogP contribution >= 0.6 is 0 Å². The lowest BCUT2D eigenvalue weighted by Crippen LogP contribution is -2.32. The topological polar surface area (TPSA) is 35.5 Å². The Morgan fingerprint density at radius 2 is 2.00 bits per heavy atom. The molecule has 1 aliphatic rings. The third-order valence-electron chi connectivity index (χ3n) is 4.01. The standard InChI is InChI=1S/C17H24O3/c1-5-20-14-8-13(9-14)10-15(18)17-12(3)6-11(2)7-16(17)19-4/h6-7,13-14H,5,8-10H2,1-4H3. The van der Waals surface area contributed by atoms with Crippen LogP contribution in [0.1, 0.15) is 47.7 Å². The van der Waals surface area contributed by atoms with Crippen LogP contribution < -0.4 is 4.74 Å². The van der Waals surface area contributed by atoms with E-state index < -0.39 is 0 Å². The molecular formula is C17H24O3. The van der Waals surface area contributed by atoms with Gasteiger partial charge in [0.05, 0.1) is 18.8 Å². The fourth-order valence-corrected chi connectivity index (χ4v) is 3.02. The summed E-state index contributed by atoms with van der Waals surface area (Å²) in [6.07, 6.45) is 2.97. The summed E-state index contributed by atoms with van der Waals surface area (Å²) >= 11 is 0. The molecule has 1 aliphatic carbocycles. The number of ether oxygens (including phenoxy) is 2. The Hall–Kier alpha value is -1.35. The Kier molecular flexibility index (Phi) is 4.81. The van der Waals surface area contributed by atoms with E-state index in [0.717, 1.165) is 36.1 Å². The first-order chi connectivity index (χ1) is 9.55. The van der Waals surface area contributed by atoms with Crippen molar-refractivity contribution in [1.82, 2.24) is 0 Å². The highest BCUT2D eigenvalue weighted by Gasteiger charge is 2.32. The minimum atomic E-state index is 0.194. The zero-order valence-electron chi connectivity index (χ0n) is 12.9. The molecule has 0 N–H and O–H groups in total. The van der Waals surface area contributed by atoms with Crippen LogP contribution in [0.4, 0.5) is 0 Å². The second-order valence-electron chi connectivity index (χ2n) is 5.70. The molecule has 3 nitrogen and oxygen atoms in total. The summed E-state index contributed by atoms with van der Waals surface area (Å²) in [6.45, 7) is 6.77. The zero-order valence-corrected chi connectivity index (χ0v) is 12.9. The third-order valence-corrected chi connectivity index (χ3v) is 4.01. The number of rotatable bonds is 6. The van der Waals surface area contributed by atoms with E-state index in [1.807, 2.05) is 32.9 Å². The van der Waals surface area contributed by atoms with Crippen LogP contribution in [0.15, 0.2) is 12.1 Å². The summed E-state index contributed by atoms with van der Waals surface area (Å²) < 4.78 is 10.9. The number of ketones is 1. The molecule has 2 rings (SSSR count). The van der Waals surface area contributed by atoms with E-state index in [1.165, 1.54) is 0 Å². The number of aryl methyl sites for hydroxylation is 2. The lowest BCUT2D eigenvalue weighted by atomic mass is 9.78. The summed E-state index contributed by atoms with van der Waals surface area (Å²) in [4.78, 5) is 12.5. The summed E-state index contributed by atoms with van der Waals surface area (Å²) in [5.41, 5.74) is 2.88. The first-order valence-corrected chi connectivity index (χ1v) is 7.35. The first kappa shape index (κ1) is 15.0. The fraction of sp³-hybridized carbons (Fsp3) is 0.588. The summed E-state index contributed by atoms with van der Waals surface area (Å²) in [5, 5.41) is 0. The van der Waals surface area contributed by atoms with Crippen LogP contribution in [0.25, 0.3) is 0 Å². The Balaban J connectivity index is 2.03. The van der Waals surface area contributed by atoms with Crippen LogP contribution in [0.5, 0.6) is 5.75 Å². The SMILES string of the molecule is CCOC1CC(CC(=O)c2c(C)cc(C)cc2OC)C1. The number of carbonyl (C=O) groups excluding carboxylic acids is 1. The predicted molar refractivity (Wildman–Crippen MR) is 79.6 cm³/mol. The van der Waals surface area contributed by atoms with Crippen molar-refractivity contribution < 1.29 is 14.3 Å². The van der Waals surface area contributed by atoms with E-state index in [9.17, 15) is 4.79 Å². The Bertz CT molecular complexity index is 487. The Labute approximate surface area is 121 Å². The predicted octanol–water partition coefficient (Wildman–Crippen LogP) is 3.70. The van der Waals surface area contributed by atoms with Gasteiger partial charge in [0.1, 0.15) is 5.75 Å². The van der Waals surface area contributed by atoms with Crippen LogP contribution in [-0.4, -0.2) is 25.6 Å². The molecule has 0 radical (unpaired) electrons. The van der Waals surface area contributed by atoms with Crippen molar-refractivity contribution in [3.8, 4) is 5.75 Å². The molecule has 3 heteroatoms. The maximum absolute atomic E-state index is 12.5. The van der Waals surface area contributed by atoms with Gasteiger partial charge < -0.3 is 9.47 Å². The minimum absolute atomic E-state index is 0.194. The lowest BCUT2D eigenvalue weighted by molar-refractivity contribution is -0.0246. The van der Waals surface area contributed by atoms with Crippen molar-refractivity contribution in [3.63, 3.8) is 0 Å². The highest BCUT2D eigenvalue weighted by Crippen LogP contribution is 2.35. The van der Waals surface area contributed by atoms with Crippen LogP contribution in [-0.2, 0) is 4.74 Å². The second kappa shape index (κ2) is 6.40. The molecule has 0 aliphatic heterocycles. The number of benzene rings is 1. The highest BCUT2D eigenvalue weighted by molar-refractivity contribution is 6.00. The summed E-state index contributed by atoms with van der Waals surface area (Å²) in [7, 11) is 1.62. The van der Waals surface area contributed by atoms with E-state index in [4.69, 9.17) is 9.47 Å². The molecule has 20 heavy (non-hydrogen) atoms. The maximum atomic E-state index is 12.5. The minimum Gasteiger partial charge on any atom is -0.496 e. The number of methoxy groups -OCH3 is 1. The monoisotopic (exact) mass is 276 g/mol. The molecule has 0 spiro atoms. The Morgan fingerprint density at radius 1 is 1.30 bits per heavy atom. The molecule has 0 bridgehead atoms. The average Bonchev–Trinajstić information content (AvgIpc) is 2.34. The maximum Gasteiger partial charge on any atom is 0.167 e. The van der Waals surface area contributed by atoms with E-state index in [-0.39, 0.29) is 5.78 Å². The number of hydrogen-bond donors (Lipinski definition) is 0. The van der Waals surface area contributed by atoms with Crippen LogP contribution in [0, 0.1) is 19.8 Å². The molecular weight excluding hydrogens is 252 g/mol. The molecule has 1 fully saturated rings. The second-order valence-corrected chi connectivity index (χ2v) is 5.70. The summed E-state index contributed by atoms with van der Waals surface area (Å²) in [6, 6.07) is 3.98. The molecule has 1 aromatic rings. The molecule has 1 aromatic carbocycles. The van der Waals surface area contributed by atoms with Gasteiger partial charge in [0.15, 0.2) is 5.78 Å². The van der Waals surface area contributed by atoms with Crippen molar-refractivity contribution in [2.45, 2.75) is 46.1 Å². The van der Waals surface area contributed by atoms with E-state index in [1.54, 1.807) is 7.11 Å². The van der Waals surface area contributed by atoms with Gasteiger partial charge in [0, 0.05) is 13.0 Å². The van der Waals surface area contributed by atoms with Crippen molar-refractivity contribution in [2.75, 3.05) is 13.7 Å². The third kappa shape index (κ3) is 3.21. The summed E-state index contributed by atoms with van der Waals surface area (Å²) in [5.74, 6) is 1.36.